The summed E-state index contributed by atoms with van der Waals surface area (Å²) in [7, 11) is 0. The van der Waals surface area contributed by atoms with Gasteiger partial charge in [-0.2, -0.15) is 0 Å². The number of thiophene rings is 2. The van der Waals surface area contributed by atoms with E-state index in [-0.39, 0.29) is 11.6 Å². The number of hydrogen-bond donors (Lipinski definition) is 3. The number of thiazole rings is 2. The number of anilines is 4. The molecule has 2 aromatic carbocycles. The molecule has 4 unspecified atom stereocenters. The first-order valence-corrected chi connectivity index (χ1v) is 22.6. The second kappa shape index (κ2) is 16.0. The molecular formula is C42H42F2N8S4. The Hall–Kier alpha value is -4.18. The molecule has 10 rings (SSSR count). The molecule has 0 aliphatic carbocycles. The number of aromatic nitrogens is 4. The summed E-state index contributed by atoms with van der Waals surface area (Å²) in [6.07, 6.45) is 7.36. The molecule has 2 saturated heterocycles. The van der Waals surface area contributed by atoms with Crippen molar-refractivity contribution >= 4 is 109 Å². The van der Waals surface area contributed by atoms with E-state index in [9.17, 15) is 8.78 Å². The number of fused-ring (bicyclic) bond motifs is 4. The van der Waals surface area contributed by atoms with Gasteiger partial charge in [0.2, 0.25) is 0 Å². The minimum Gasteiger partial charge on any atom is -0.352 e. The lowest BCUT2D eigenvalue weighted by Gasteiger charge is -2.38. The first kappa shape index (κ1) is 37.4. The van der Waals surface area contributed by atoms with E-state index in [1.165, 1.54) is 41.4 Å². The van der Waals surface area contributed by atoms with Crippen LogP contribution in [0.25, 0.3) is 40.9 Å². The number of likely N-dealkylation sites (tertiary alicyclic amines) is 1. The molecule has 6 aromatic heterocycles. The van der Waals surface area contributed by atoms with Crippen molar-refractivity contribution in [2.24, 2.45) is 0 Å². The van der Waals surface area contributed by atoms with E-state index in [2.05, 4.69) is 73.7 Å². The van der Waals surface area contributed by atoms with Crippen LogP contribution in [-0.2, 0) is 0 Å². The molecule has 0 radical (unpaired) electrons. The zero-order valence-corrected chi connectivity index (χ0v) is 34.6. The zero-order chi connectivity index (χ0) is 38.3. The molecule has 2 fully saturated rings. The largest absolute Gasteiger partial charge is 0.352 e. The summed E-state index contributed by atoms with van der Waals surface area (Å²) in [6.45, 7) is 10.1. The van der Waals surface area contributed by atoms with Gasteiger partial charge in [0, 0.05) is 55.8 Å². The van der Waals surface area contributed by atoms with Crippen LogP contribution in [0.1, 0.15) is 68.0 Å². The van der Waals surface area contributed by atoms with Crippen LogP contribution < -0.4 is 16.0 Å². The molecule has 2 aliphatic rings. The molecule has 0 bridgehead atoms. The van der Waals surface area contributed by atoms with Crippen molar-refractivity contribution in [3.8, 4) is 0 Å². The molecule has 8 nitrogen and oxygen atoms in total. The van der Waals surface area contributed by atoms with E-state index in [1.54, 1.807) is 45.3 Å². The van der Waals surface area contributed by atoms with Crippen LogP contribution >= 0.6 is 45.3 Å². The number of nitrogens with one attached hydrogen (secondary N) is 3. The first-order valence-electron chi connectivity index (χ1n) is 19.2. The molecule has 2 aliphatic heterocycles. The summed E-state index contributed by atoms with van der Waals surface area (Å²) in [5, 5.41) is 11.8. The third-order valence-electron chi connectivity index (χ3n) is 11.3. The summed E-state index contributed by atoms with van der Waals surface area (Å²) < 4.78 is 31.7. The van der Waals surface area contributed by atoms with Gasteiger partial charge in [0.25, 0.3) is 0 Å². The zero-order valence-electron chi connectivity index (χ0n) is 31.3. The van der Waals surface area contributed by atoms with Crippen molar-refractivity contribution in [2.75, 3.05) is 30.3 Å². The number of likely N-dealkylation sites (N-methyl/N-ethyl adjacent to an activating group) is 1. The molecule has 14 heteroatoms. The van der Waals surface area contributed by atoms with E-state index in [0.29, 0.717) is 35.3 Å². The highest BCUT2D eigenvalue weighted by Crippen LogP contribution is 2.42. The van der Waals surface area contributed by atoms with Gasteiger partial charge in [-0.05, 0) is 108 Å². The topological polar surface area (TPSA) is 90.9 Å². The Morgan fingerprint density at radius 2 is 1.29 bits per heavy atom. The van der Waals surface area contributed by atoms with Gasteiger partial charge in [-0.25, -0.2) is 28.7 Å². The van der Waals surface area contributed by atoms with E-state index >= 15 is 0 Å². The number of halogens is 2. The number of rotatable bonds is 7. The lowest BCUT2D eigenvalue weighted by atomic mass is 9.89. The van der Waals surface area contributed by atoms with Crippen LogP contribution in [0.4, 0.5) is 31.5 Å². The fourth-order valence-electron chi connectivity index (χ4n) is 8.22. The maximum atomic E-state index is 14.8. The van der Waals surface area contributed by atoms with Crippen LogP contribution in [0.15, 0.2) is 71.9 Å². The average Bonchev–Trinajstić information content (AvgIpc) is 4.04. The number of benzene rings is 2. The number of pyridine rings is 2. The Bertz CT molecular complexity index is 2650. The van der Waals surface area contributed by atoms with Gasteiger partial charge in [0.05, 0.1) is 55.2 Å². The van der Waals surface area contributed by atoms with E-state index < -0.39 is 0 Å². The fourth-order valence-corrected chi connectivity index (χ4v) is 12.0. The fraction of sp³-hybridized carbons (Fsp3) is 0.333. The second-order valence-electron chi connectivity index (χ2n) is 14.6. The third-order valence-corrected chi connectivity index (χ3v) is 15.3. The Labute approximate surface area is 340 Å². The molecule has 0 amide bonds. The van der Waals surface area contributed by atoms with Crippen molar-refractivity contribution in [3.05, 3.63) is 93.3 Å². The average molecular weight is 825 g/mol. The molecule has 0 spiro atoms. The second-order valence-corrected chi connectivity index (χ2v) is 18.5. The molecule has 8 heterocycles. The predicted octanol–water partition coefficient (Wildman–Crippen LogP) is 12.0. The SMILES string of the molecule is CC1NCCCC1c1cc2c(Nc3ccc4scnc4c3)c(F)cnc2s1.CCN1CCCC(c2cc3c(Nc4ccc5scnc5c4)c(F)cnc3s2)C1C. The van der Waals surface area contributed by atoms with Gasteiger partial charge in [-0.3, -0.25) is 0 Å². The molecular weight excluding hydrogens is 783 g/mol. The van der Waals surface area contributed by atoms with Crippen LogP contribution in [0.5, 0.6) is 0 Å². The van der Waals surface area contributed by atoms with Crippen LogP contribution in [0, 0.1) is 11.6 Å². The smallest absolute Gasteiger partial charge is 0.165 e. The summed E-state index contributed by atoms with van der Waals surface area (Å²) in [5.74, 6) is 0.275. The van der Waals surface area contributed by atoms with Crippen molar-refractivity contribution < 1.29 is 8.78 Å². The molecule has 0 saturated carbocycles. The minimum absolute atomic E-state index is 0.327. The van der Waals surface area contributed by atoms with Gasteiger partial charge in [-0.1, -0.05) is 6.92 Å². The van der Waals surface area contributed by atoms with Gasteiger partial charge in [0.1, 0.15) is 9.66 Å². The van der Waals surface area contributed by atoms with Crippen molar-refractivity contribution in [2.45, 2.75) is 70.4 Å². The number of piperidine rings is 2. The van der Waals surface area contributed by atoms with Crippen LogP contribution in [-0.4, -0.2) is 56.6 Å². The predicted molar refractivity (Wildman–Crippen MR) is 233 cm³/mol. The van der Waals surface area contributed by atoms with Gasteiger partial charge in [0.15, 0.2) is 11.6 Å². The number of nitrogens with zero attached hydrogens (tertiary/aromatic N) is 5. The first-order chi connectivity index (χ1) is 27.3. The summed E-state index contributed by atoms with van der Waals surface area (Å²) >= 11 is 6.58. The lowest BCUT2D eigenvalue weighted by molar-refractivity contribution is 0.148. The summed E-state index contributed by atoms with van der Waals surface area (Å²) in [4.78, 5) is 24.3. The maximum absolute atomic E-state index is 14.8. The van der Waals surface area contributed by atoms with E-state index in [1.807, 2.05) is 47.4 Å². The van der Waals surface area contributed by atoms with E-state index in [4.69, 9.17) is 0 Å². The quantitative estimate of drug-likeness (QED) is 0.146. The number of hydrogen-bond acceptors (Lipinski definition) is 12. The molecule has 56 heavy (non-hydrogen) atoms. The minimum atomic E-state index is -0.333. The van der Waals surface area contributed by atoms with E-state index in [0.717, 1.165) is 78.3 Å². The highest BCUT2D eigenvalue weighted by atomic mass is 32.1. The summed E-state index contributed by atoms with van der Waals surface area (Å²) in [5.41, 5.74) is 8.17. The normalized spacial score (nSPS) is 20.4. The Balaban J connectivity index is 0.000000147. The Morgan fingerprint density at radius 3 is 1.84 bits per heavy atom. The third kappa shape index (κ3) is 7.38. The van der Waals surface area contributed by atoms with Gasteiger partial charge in [-0.15, -0.1) is 45.3 Å². The highest BCUT2D eigenvalue weighted by Gasteiger charge is 2.30. The molecule has 3 N–H and O–H groups in total. The standard InChI is InChI=1S/C22H23FN4S2.C20H19FN4S2/c1-3-27-8-4-5-15(13(27)2)20-10-16-21(17(23)11-24-22(16)29-20)26-14-6-7-19-18(9-14)25-12-28-19;1-11-13(3-2-6-22-11)18-8-14-19(15(21)9-23-20(14)27-18)25-12-4-5-17-16(7-12)24-10-26-17/h6-7,9-13,15H,3-5,8H2,1-2H3,(H,24,26);4-5,7-11,13,22H,2-3,6H2,1H3,(H,23,25). The monoisotopic (exact) mass is 824 g/mol. The molecule has 8 aromatic rings. The lowest BCUT2D eigenvalue weighted by Crippen LogP contribution is -2.41. The van der Waals surface area contributed by atoms with Crippen molar-refractivity contribution in [1.29, 1.82) is 0 Å². The molecule has 288 valence electrons. The van der Waals surface area contributed by atoms with Crippen molar-refractivity contribution in [1.82, 2.24) is 30.2 Å². The summed E-state index contributed by atoms with van der Waals surface area (Å²) in [6, 6.07) is 17.1. The van der Waals surface area contributed by atoms with Gasteiger partial charge >= 0.3 is 0 Å². The van der Waals surface area contributed by atoms with Crippen LogP contribution in [0.3, 0.4) is 0 Å². The Kier molecular flexibility index (Phi) is 10.7. The molecule has 4 atom stereocenters. The van der Waals surface area contributed by atoms with Crippen LogP contribution in [0.2, 0.25) is 0 Å². The van der Waals surface area contributed by atoms with Gasteiger partial charge < -0.3 is 20.9 Å². The van der Waals surface area contributed by atoms with Crippen molar-refractivity contribution in [3.63, 3.8) is 0 Å². The Morgan fingerprint density at radius 1 is 0.732 bits per heavy atom. The maximum Gasteiger partial charge on any atom is 0.165 e. The highest BCUT2D eigenvalue weighted by molar-refractivity contribution is 7.19.